The molecule has 15 heavy (non-hydrogen) atoms. The third kappa shape index (κ3) is 4.96. The molecule has 0 spiro atoms. The first kappa shape index (κ1) is 11.4. The van der Waals surface area contributed by atoms with Crippen LogP contribution in [0.3, 0.4) is 0 Å². The molecule has 0 aliphatic carbocycles. The summed E-state index contributed by atoms with van der Waals surface area (Å²) in [6, 6.07) is 5.78. The minimum Gasteiger partial charge on any atom is -0.352 e. The molecule has 0 aliphatic heterocycles. The van der Waals surface area contributed by atoms with Gasteiger partial charge in [-0.2, -0.15) is 0 Å². The number of nitrogens with one attached hydrogen (secondary N) is 1. The third-order valence-corrected chi connectivity index (χ3v) is 1.91. The van der Waals surface area contributed by atoms with Gasteiger partial charge in [0.15, 0.2) is 0 Å². The van der Waals surface area contributed by atoms with E-state index in [1.165, 1.54) is 0 Å². The molecule has 3 heteroatoms. The second-order valence-corrected chi connectivity index (χ2v) is 3.17. The zero-order chi connectivity index (χ0) is 10.9. The van der Waals surface area contributed by atoms with Crippen LogP contribution < -0.4 is 5.32 Å². The molecule has 3 nitrogen and oxygen atoms in total. The Balaban J connectivity index is 2.22. The fourth-order valence-electron chi connectivity index (χ4n) is 1.14. The fourth-order valence-corrected chi connectivity index (χ4v) is 1.14. The number of nitrogens with zero attached hydrogens (tertiary/aromatic N) is 1. The average Bonchev–Trinajstić information content (AvgIpc) is 2.28. The Morgan fingerprint density at radius 2 is 2.40 bits per heavy atom. The van der Waals surface area contributed by atoms with E-state index < -0.39 is 0 Å². The monoisotopic (exact) mass is 204 g/mol. The van der Waals surface area contributed by atoms with Crippen molar-refractivity contribution in [2.45, 2.75) is 19.8 Å². The first-order chi connectivity index (χ1) is 7.33. The van der Waals surface area contributed by atoms with E-state index >= 15 is 0 Å². The Morgan fingerprint density at radius 3 is 3.07 bits per heavy atom. The molecular formula is C12H16N2O. The third-order valence-electron chi connectivity index (χ3n) is 1.91. The van der Waals surface area contributed by atoms with Crippen molar-refractivity contribution in [1.29, 1.82) is 0 Å². The van der Waals surface area contributed by atoms with Crippen LogP contribution in [0.1, 0.15) is 19.0 Å². The van der Waals surface area contributed by atoms with Gasteiger partial charge in [0.25, 0.3) is 0 Å². The van der Waals surface area contributed by atoms with Crippen LogP contribution in [0.4, 0.5) is 0 Å². The molecule has 80 valence electrons. The highest BCUT2D eigenvalue weighted by Crippen LogP contribution is 1.93. The molecule has 0 saturated heterocycles. The molecule has 0 radical (unpaired) electrons. The van der Waals surface area contributed by atoms with E-state index in [0.29, 0.717) is 6.54 Å². The molecule has 0 aromatic carbocycles. The number of hydrogen-bond donors (Lipinski definition) is 1. The van der Waals surface area contributed by atoms with E-state index in [2.05, 4.69) is 10.3 Å². The van der Waals surface area contributed by atoms with Gasteiger partial charge in [-0.25, -0.2) is 0 Å². The number of carbonyl (C=O) groups excluding carboxylic acids is 1. The van der Waals surface area contributed by atoms with Crippen LogP contribution in [0.5, 0.6) is 0 Å². The predicted molar refractivity (Wildman–Crippen MR) is 60.4 cm³/mol. The Bertz CT molecular complexity index is 320. The minimum atomic E-state index is -0.0345. The summed E-state index contributed by atoms with van der Waals surface area (Å²) in [5.74, 6) is -0.0345. The first-order valence-corrected chi connectivity index (χ1v) is 5.17. The molecule has 0 aliphatic rings. The number of rotatable bonds is 5. The molecule has 0 unspecified atom stereocenters. The maximum atomic E-state index is 11.2. The van der Waals surface area contributed by atoms with Crippen molar-refractivity contribution in [3.63, 3.8) is 0 Å². The van der Waals surface area contributed by atoms with Crippen LogP contribution >= 0.6 is 0 Å². The van der Waals surface area contributed by atoms with E-state index in [1.807, 2.05) is 31.2 Å². The maximum absolute atomic E-state index is 11.2. The zero-order valence-electron chi connectivity index (χ0n) is 8.94. The van der Waals surface area contributed by atoms with Gasteiger partial charge in [-0.3, -0.25) is 9.78 Å². The molecule has 0 saturated carbocycles. The van der Waals surface area contributed by atoms with Crippen LogP contribution in [0.25, 0.3) is 0 Å². The van der Waals surface area contributed by atoms with Gasteiger partial charge in [-0.1, -0.05) is 19.1 Å². The largest absolute Gasteiger partial charge is 0.352 e. The molecule has 1 rings (SSSR count). The fraction of sp³-hybridized carbons (Fsp3) is 0.333. The second kappa shape index (κ2) is 6.76. The summed E-state index contributed by atoms with van der Waals surface area (Å²) in [6.45, 7) is 2.63. The van der Waals surface area contributed by atoms with E-state index in [-0.39, 0.29) is 5.91 Å². The lowest BCUT2D eigenvalue weighted by atomic mass is 10.3. The van der Waals surface area contributed by atoms with Gasteiger partial charge in [0.1, 0.15) is 0 Å². The van der Waals surface area contributed by atoms with Crippen LogP contribution in [0.15, 0.2) is 36.5 Å². The van der Waals surface area contributed by atoms with E-state index in [0.717, 1.165) is 18.5 Å². The molecule has 1 aromatic rings. The normalized spacial score (nSPS) is 10.5. The second-order valence-electron chi connectivity index (χ2n) is 3.17. The van der Waals surface area contributed by atoms with Gasteiger partial charge in [0.2, 0.25) is 5.91 Å². The summed E-state index contributed by atoms with van der Waals surface area (Å²) in [6.07, 6.45) is 6.82. The maximum Gasteiger partial charge on any atom is 0.243 e. The van der Waals surface area contributed by atoms with E-state index in [1.54, 1.807) is 12.3 Å². The van der Waals surface area contributed by atoms with Crippen LogP contribution in [-0.2, 0) is 11.2 Å². The Labute approximate surface area is 90.2 Å². The van der Waals surface area contributed by atoms with Gasteiger partial charge in [0.05, 0.1) is 0 Å². The Hall–Kier alpha value is -1.64. The quantitative estimate of drug-likeness (QED) is 0.742. The zero-order valence-corrected chi connectivity index (χ0v) is 8.94. The molecule has 1 amide bonds. The Kier molecular flexibility index (Phi) is 5.15. The predicted octanol–water partition coefficient (Wildman–Crippen LogP) is 1.71. The highest BCUT2D eigenvalue weighted by atomic mass is 16.1. The summed E-state index contributed by atoms with van der Waals surface area (Å²) in [5, 5.41) is 2.80. The number of allylic oxidation sites excluding steroid dienone is 1. The lowest BCUT2D eigenvalue weighted by Gasteiger charge is -2.01. The van der Waals surface area contributed by atoms with Crippen molar-refractivity contribution in [2.75, 3.05) is 6.54 Å². The molecule has 1 aromatic heterocycles. The average molecular weight is 204 g/mol. The number of pyridine rings is 1. The van der Waals surface area contributed by atoms with Crippen molar-refractivity contribution >= 4 is 5.91 Å². The summed E-state index contributed by atoms with van der Waals surface area (Å²) in [4.78, 5) is 15.3. The highest BCUT2D eigenvalue weighted by Gasteiger charge is 1.95. The number of amides is 1. The molecule has 0 atom stereocenters. The van der Waals surface area contributed by atoms with E-state index in [4.69, 9.17) is 0 Å². The van der Waals surface area contributed by atoms with E-state index in [9.17, 15) is 4.79 Å². The summed E-state index contributed by atoms with van der Waals surface area (Å²) < 4.78 is 0. The summed E-state index contributed by atoms with van der Waals surface area (Å²) in [5.41, 5.74) is 0.997. The molecule has 1 heterocycles. The lowest BCUT2D eigenvalue weighted by Crippen LogP contribution is -2.23. The van der Waals surface area contributed by atoms with Crippen molar-refractivity contribution in [2.24, 2.45) is 0 Å². The number of aromatic nitrogens is 1. The van der Waals surface area contributed by atoms with Crippen molar-refractivity contribution in [3.05, 3.63) is 42.2 Å². The lowest BCUT2D eigenvalue weighted by molar-refractivity contribution is -0.116. The highest BCUT2D eigenvalue weighted by molar-refractivity contribution is 5.87. The smallest absolute Gasteiger partial charge is 0.243 e. The van der Waals surface area contributed by atoms with Crippen LogP contribution in [-0.4, -0.2) is 17.4 Å². The molecule has 1 N–H and O–H groups in total. The summed E-state index contributed by atoms with van der Waals surface area (Å²) in [7, 11) is 0. The standard InChI is InChI=1S/C12H16N2O/c1-2-3-7-12(15)14-10-8-11-6-4-5-9-13-11/h3-7,9H,2,8,10H2,1H3,(H,14,15)/b7-3+. The number of carbonyl (C=O) groups is 1. The van der Waals surface area contributed by atoms with Gasteiger partial charge >= 0.3 is 0 Å². The van der Waals surface area contributed by atoms with Gasteiger partial charge < -0.3 is 5.32 Å². The van der Waals surface area contributed by atoms with Gasteiger partial charge in [-0.15, -0.1) is 0 Å². The molecule has 0 fully saturated rings. The SMILES string of the molecule is CC/C=C/C(=O)NCCc1ccccn1. The Morgan fingerprint density at radius 1 is 1.53 bits per heavy atom. The van der Waals surface area contributed by atoms with Gasteiger partial charge in [0, 0.05) is 24.9 Å². The van der Waals surface area contributed by atoms with Crippen LogP contribution in [0, 0.1) is 0 Å². The number of hydrogen-bond acceptors (Lipinski definition) is 2. The van der Waals surface area contributed by atoms with Crippen LogP contribution in [0.2, 0.25) is 0 Å². The van der Waals surface area contributed by atoms with Crippen molar-refractivity contribution in [1.82, 2.24) is 10.3 Å². The first-order valence-electron chi connectivity index (χ1n) is 5.17. The van der Waals surface area contributed by atoms with Crippen molar-refractivity contribution in [3.8, 4) is 0 Å². The molecular weight excluding hydrogens is 188 g/mol. The van der Waals surface area contributed by atoms with Crippen molar-refractivity contribution < 1.29 is 4.79 Å². The summed E-state index contributed by atoms with van der Waals surface area (Å²) >= 11 is 0. The molecule has 0 bridgehead atoms. The topological polar surface area (TPSA) is 42.0 Å². The minimum absolute atomic E-state index is 0.0345. The van der Waals surface area contributed by atoms with Gasteiger partial charge in [-0.05, 0) is 24.6 Å².